The lowest BCUT2D eigenvalue weighted by Gasteiger charge is -2.08. The molecule has 0 saturated heterocycles. The van der Waals surface area contributed by atoms with Crippen LogP contribution in [0.1, 0.15) is 55.2 Å². The van der Waals surface area contributed by atoms with Crippen molar-refractivity contribution in [1.29, 1.82) is 0 Å². The van der Waals surface area contributed by atoms with Gasteiger partial charge in [-0.05, 0) is 19.1 Å². The molecule has 6 heteroatoms. The molecule has 1 amide bonds. The first-order chi connectivity index (χ1) is 10.5. The highest BCUT2D eigenvalue weighted by atomic mass is 16.5. The van der Waals surface area contributed by atoms with Crippen molar-refractivity contribution >= 4 is 17.4 Å². The summed E-state index contributed by atoms with van der Waals surface area (Å²) in [6, 6.07) is 6.93. The molecule has 116 valence electrons. The van der Waals surface area contributed by atoms with Crippen LogP contribution in [0.4, 0.5) is 5.69 Å². The standard InChI is InChI=1S/C16H19N3O3/c1-10(2)16-18-15(22-19-16)9-8-14(21)17-13-7-5-4-6-12(13)11(3)20/h4-7,10H,8-9H2,1-3H3,(H,17,21). The SMILES string of the molecule is CC(=O)c1ccccc1NC(=O)CCc1nc(C(C)C)no1. The maximum atomic E-state index is 12.0. The highest BCUT2D eigenvalue weighted by Gasteiger charge is 2.13. The summed E-state index contributed by atoms with van der Waals surface area (Å²) in [6.45, 7) is 5.41. The molecule has 0 spiro atoms. The molecule has 0 radical (unpaired) electrons. The lowest BCUT2D eigenvalue weighted by Crippen LogP contribution is -2.14. The minimum atomic E-state index is -0.196. The molecule has 0 aliphatic carbocycles. The Hall–Kier alpha value is -2.50. The largest absolute Gasteiger partial charge is 0.339 e. The molecule has 0 fully saturated rings. The number of para-hydroxylation sites is 1. The zero-order chi connectivity index (χ0) is 16.1. The van der Waals surface area contributed by atoms with E-state index in [9.17, 15) is 9.59 Å². The number of nitrogens with zero attached hydrogens (tertiary/aromatic N) is 2. The second-order valence-corrected chi connectivity index (χ2v) is 5.35. The molecule has 0 aliphatic heterocycles. The first kappa shape index (κ1) is 15.9. The van der Waals surface area contributed by atoms with Crippen LogP contribution >= 0.6 is 0 Å². The number of aryl methyl sites for hydroxylation is 1. The van der Waals surface area contributed by atoms with Crippen LogP contribution in [0, 0.1) is 0 Å². The van der Waals surface area contributed by atoms with Gasteiger partial charge in [-0.1, -0.05) is 31.1 Å². The molecule has 0 saturated carbocycles. The Labute approximate surface area is 128 Å². The number of ketones is 1. The minimum absolute atomic E-state index is 0.0885. The molecule has 2 aromatic rings. The Morgan fingerprint density at radius 3 is 2.64 bits per heavy atom. The fraction of sp³-hybridized carbons (Fsp3) is 0.375. The van der Waals surface area contributed by atoms with Gasteiger partial charge in [0.05, 0.1) is 5.69 Å². The van der Waals surface area contributed by atoms with Gasteiger partial charge >= 0.3 is 0 Å². The second kappa shape index (κ2) is 6.98. The van der Waals surface area contributed by atoms with Gasteiger partial charge in [0.1, 0.15) is 0 Å². The molecule has 2 rings (SSSR count). The molecule has 22 heavy (non-hydrogen) atoms. The van der Waals surface area contributed by atoms with Gasteiger partial charge in [0.15, 0.2) is 11.6 Å². The first-order valence-electron chi connectivity index (χ1n) is 7.19. The van der Waals surface area contributed by atoms with E-state index >= 15 is 0 Å². The summed E-state index contributed by atoms with van der Waals surface area (Å²) in [7, 11) is 0. The van der Waals surface area contributed by atoms with Crippen molar-refractivity contribution in [2.45, 2.75) is 39.5 Å². The fourth-order valence-corrected chi connectivity index (χ4v) is 1.94. The van der Waals surface area contributed by atoms with Crippen molar-refractivity contribution in [1.82, 2.24) is 10.1 Å². The van der Waals surface area contributed by atoms with Crippen LogP contribution in [-0.2, 0) is 11.2 Å². The molecule has 0 unspecified atom stereocenters. The van der Waals surface area contributed by atoms with Crippen molar-refractivity contribution in [3.05, 3.63) is 41.5 Å². The second-order valence-electron chi connectivity index (χ2n) is 5.35. The third kappa shape index (κ3) is 4.00. The number of carbonyl (C=O) groups is 2. The lowest BCUT2D eigenvalue weighted by molar-refractivity contribution is -0.116. The van der Waals surface area contributed by atoms with Crippen LogP contribution in [-0.4, -0.2) is 21.8 Å². The number of benzene rings is 1. The van der Waals surface area contributed by atoms with E-state index in [0.29, 0.717) is 29.4 Å². The number of Topliss-reactive ketones (excluding diaryl/α,β-unsaturated/α-hetero) is 1. The topological polar surface area (TPSA) is 85.1 Å². The maximum absolute atomic E-state index is 12.0. The zero-order valence-corrected chi connectivity index (χ0v) is 12.9. The predicted octanol–water partition coefficient (Wildman–Crippen LogP) is 2.97. The summed E-state index contributed by atoms with van der Waals surface area (Å²) in [4.78, 5) is 27.7. The predicted molar refractivity (Wildman–Crippen MR) is 81.8 cm³/mol. The number of nitrogens with one attached hydrogen (secondary N) is 1. The Balaban J connectivity index is 1.94. The first-order valence-corrected chi connectivity index (χ1v) is 7.19. The normalized spacial score (nSPS) is 10.7. The van der Waals surface area contributed by atoms with Gasteiger partial charge in [0, 0.05) is 24.3 Å². The zero-order valence-electron chi connectivity index (χ0n) is 12.9. The summed E-state index contributed by atoms with van der Waals surface area (Å²) in [6.07, 6.45) is 0.583. The lowest BCUT2D eigenvalue weighted by atomic mass is 10.1. The number of carbonyl (C=O) groups excluding carboxylic acids is 2. The van der Waals surface area contributed by atoms with Crippen molar-refractivity contribution < 1.29 is 14.1 Å². The van der Waals surface area contributed by atoms with Crippen molar-refractivity contribution in [2.75, 3.05) is 5.32 Å². The van der Waals surface area contributed by atoms with Gasteiger partial charge in [-0.3, -0.25) is 9.59 Å². The molecule has 1 aromatic carbocycles. The Bertz CT molecular complexity index is 677. The quantitative estimate of drug-likeness (QED) is 0.829. The van der Waals surface area contributed by atoms with Crippen molar-refractivity contribution in [3.8, 4) is 0 Å². The van der Waals surface area contributed by atoms with Gasteiger partial charge in [-0.15, -0.1) is 0 Å². The van der Waals surface area contributed by atoms with Crippen LogP contribution in [0.25, 0.3) is 0 Å². The third-order valence-corrected chi connectivity index (χ3v) is 3.15. The molecule has 0 bridgehead atoms. The number of anilines is 1. The van der Waals surface area contributed by atoms with Crippen molar-refractivity contribution in [3.63, 3.8) is 0 Å². The number of hydrogen-bond acceptors (Lipinski definition) is 5. The maximum Gasteiger partial charge on any atom is 0.227 e. The van der Waals surface area contributed by atoms with Crippen LogP contribution in [0.3, 0.4) is 0 Å². The van der Waals surface area contributed by atoms with Crippen molar-refractivity contribution in [2.24, 2.45) is 0 Å². The Morgan fingerprint density at radius 2 is 2.00 bits per heavy atom. The number of amides is 1. The summed E-state index contributed by atoms with van der Waals surface area (Å²) < 4.78 is 5.09. The monoisotopic (exact) mass is 301 g/mol. The highest BCUT2D eigenvalue weighted by molar-refractivity contribution is 6.03. The van der Waals surface area contributed by atoms with E-state index in [1.54, 1.807) is 24.3 Å². The molecular formula is C16H19N3O3. The summed E-state index contributed by atoms with van der Waals surface area (Å²) in [5.41, 5.74) is 1.02. The molecule has 0 atom stereocenters. The van der Waals surface area contributed by atoms with Crippen LogP contribution in [0.2, 0.25) is 0 Å². The fourth-order valence-electron chi connectivity index (χ4n) is 1.94. The van der Waals surface area contributed by atoms with Gasteiger partial charge < -0.3 is 9.84 Å². The third-order valence-electron chi connectivity index (χ3n) is 3.15. The van der Waals surface area contributed by atoms with E-state index in [1.807, 2.05) is 13.8 Å². The number of hydrogen-bond donors (Lipinski definition) is 1. The summed E-state index contributed by atoms with van der Waals surface area (Å²) in [5, 5.41) is 6.59. The van der Waals surface area contributed by atoms with Gasteiger partial charge in [-0.2, -0.15) is 4.98 Å². The summed E-state index contributed by atoms with van der Waals surface area (Å²) >= 11 is 0. The average Bonchev–Trinajstić information content (AvgIpc) is 2.94. The molecule has 1 aromatic heterocycles. The highest BCUT2D eigenvalue weighted by Crippen LogP contribution is 2.16. The van der Waals surface area contributed by atoms with Gasteiger partial charge in [-0.25, -0.2) is 0 Å². The minimum Gasteiger partial charge on any atom is -0.339 e. The van der Waals surface area contributed by atoms with Crippen LogP contribution in [0.15, 0.2) is 28.8 Å². The van der Waals surface area contributed by atoms with E-state index < -0.39 is 0 Å². The van der Waals surface area contributed by atoms with E-state index in [4.69, 9.17) is 4.52 Å². The molecule has 0 aliphatic rings. The summed E-state index contributed by atoms with van der Waals surface area (Å²) in [5.74, 6) is 0.984. The van der Waals surface area contributed by atoms with E-state index in [1.165, 1.54) is 6.92 Å². The average molecular weight is 301 g/mol. The van der Waals surface area contributed by atoms with E-state index in [0.717, 1.165) is 0 Å². The number of aromatic nitrogens is 2. The Morgan fingerprint density at radius 1 is 1.27 bits per heavy atom. The molecule has 1 N–H and O–H groups in total. The van der Waals surface area contributed by atoms with Crippen LogP contribution in [0.5, 0.6) is 0 Å². The smallest absolute Gasteiger partial charge is 0.227 e. The van der Waals surface area contributed by atoms with E-state index in [2.05, 4.69) is 15.5 Å². The number of rotatable bonds is 6. The molecule has 6 nitrogen and oxygen atoms in total. The van der Waals surface area contributed by atoms with Gasteiger partial charge in [0.25, 0.3) is 0 Å². The van der Waals surface area contributed by atoms with E-state index in [-0.39, 0.29) is 24.0 Å². The molecular weight excluding hydrogens is 282 g/mol. The molecule has 1 heterocycles. The Kier molecular flexibility index (Phi) is 5.04. The van der Waals surface area contributed by atoms with Gasteiger partial charge in [0.2, 0.25) is 11.8 Å². The van der Waals surface area contributed by atoms with Crippen LogP contribution < -0.4 is 5.32 Å².